The van der Waals surface area contributed by atoms with Gasteiger partial charge in [0.2, 0.25) is 5.91 Å². The van der Waals surface area contributed by atoms with Gasteiger partial charge < -0.3 is 9.80 Å². The van der Waals surface area contributed by atoms with Crippen molar-refractivity contribution in [1.29, 1.82) is 0 Å². The molecule has 1 aliphatic rings. The Morgan fingerprint density at radius 2 is 1.75 bits per heavy atom. The maximum absolute atomic E-state index is 12.8. The van der Waals surface area contributed by atoms with Crippen molar-refractivity contribution in [3.63, 3.8) is 0 Å². The number of piperazine rings is 1. The Labute approximate surface area is 172 Å². The minimum absolute atomic E-state index is 0.0272. The molecule has 1 atom stereocenters. The summed E-state index contributed by atoms with van der Waals surface area (Å²) in [6.07, 6.45) is 0. The maximum Gasteiger partial charge on any atom is 0.235 e. The van der Waals surface area contributed by atoms with E-state index in [0.717, 1.165) is 49.3 Å². The van der Waals surface area contributed by atoms with Crippen molar-refractivity contribution in [2.24, 2.45) is 0 Å². The first-order chi connectivity index (χ1) is 13.4. The zero-order valence-electron chi connectivity index (χ0n) is 17.3. The number of aromatic nitrogens is 2. The smallest absolute Gasteiger partial charge is 0.235 e. The lowest BCUT2D eigenvalue weighted by molar-refractivity contribution is -0.130. The van der Waals surface area contributed by atoms with E-state index < -0.39 is 0 Å². The van der Waals surface area contributed by atoms with Gasteiger partial charge in [-0.25, -0.2) is 9.97 Å². The normalized spacial score (nSPS) is 15.8. The van der Waals surface area contributed by atoms with Crippen LogP contribution in [0.25, 0.3) is 0 Å². The van der Waals surface area contributed by atoms with E-state index in [0.29, 0.717) is 5.92 Å². The van der Waals surface area contributed by atoms with Gasteiger partial charge in [0, 0.05) is 49.6 Å². The molecule has 1 aromatic carbocycles. The first kappa shape index (κ1) is 20.6. The second-order valence-corrected chi connectivity index (χ2v) is 8.96. The standard InChI is InChI=1S/C22H30N4OS/c1-16(2)21-23-17(3)14-20(24-21)25-10-12-26(13-11-25)22(27)18(4)28-15-19-8-6-5-7-9-19/h5-9,14,16,18H,10-13,15H2,1-4H3/t18-/m1/s1. The van der Waals surface area contributed by atoms with Crippen LogP contribution in [0.4, 0.5) is 5.82 Å². The molecule has 0 bridgehead atoms. The van der Waals surface area contributed by atoms with E-state index in [9.17, 15) is 4.79 Å². The van der Waals surface area contributed by atoms with Gasteiger partial charge in [-0.2, -0.15) is 0 Å². The summed E-state index contributed by atoms with van der Waals surface area (Å²) in [5.41, 5.74) is 2.26. The van der Waals surface area contributed by atoms with E-state index in [1.54, 1.807) is 11.8 Å². The fourth-order valence-corrected chi connectivity index (χ4v) is 4.20. The Morgan fingerprint density at radius 3 is 2.39 bits per heavy atom. The molecule has 1 fully saturated rings. The Morgan fingerprint density at radius 1 is 1.07 bits per heavy atom. The molecule has 28 heavy (non-hydrogen) atoms. The number of carbonyl (C=O) groups excluding carboxylic acids is 1. The largest absolute Gasteiger partial charge is 0.353 e. The third kappa shape index (κ3) is 5.25. The Kier molecular flexibility index (Phi) is 6.94. The second kappa shape index (κ2) is 9.41. The summed E-state index contributed by atoms with van der Waals surface area (Å²) in [7, 11) is 0. The first-order valence-corrected chi connectivity index (χ1v) is 11.0. The van der Waals surface area contributed by atoms with Crippen LogP contribution in [0.3, 0.4) is 0 Å². The average molecular weight is 399 g/mol. The zero-order chi connectivity index (χ0) is 20.1. The molecule has 0 spiro atoms. The average Bonchev–Trinajstić information content (AvgIpc) is 2.72. The minimum atomic E-state index is -0.0272. The number of aryl methyl sites for hydroxylation is 1. The van der Waals surface area contributed by atoms with Gasteiger partial charge in [-0.3, -0.25) is 4.79 Å². The third-order valence-electron chi connectivity index (χ3n) is 4.98. The lowest BCUT2D eigenvalue weighted by atomic mass is 10.2. The number of hydrogen-bond donors (Lipinski definition) is 0. The van der Waals surface area contributed by atoms with Gasteiger partial charge in [-0.15, -0.1) is 11.8 Å². The summed E-state index contributed by atoms with van der Waals surface area (Å²) in [5.74, 6) is 3.28. The number of thioether (sulfide) groups is 1. The molecule has 5 nitrogen and oxygen atoms in total. The lowest BCUT2D eigenvalue weighted by Gasteiger charge is -2.36. The van der Waals surface area contributed by atoms with E-state index in [1.807, 2.05) is 43.0 Å². The van der Waals surface area contributed by atoms with Crippen LogP contribution in [-0.4, -0.2) is 52.2 Å². The Balaban J connectivity index is 1.54. The SMILES string of the molecule is Cc1cc(N2CCN(C(=O)[C@@H](C)SCc3ccccc3)CC2)nc(C(C)C)n1. The quantitative estimate of drug-likeness (QED) is 0.739. The highest BCUT2D eigenvalue weighted by molar-refractivity contribution is 7.99. The first-order valence-electron chi connectivity index (χ1n) is 9.99. The summed E-state index contributed by atoms with van der Waals surface area (Å²) in [6, 6.07) is 12.4. The molecule has 6 heteroatoms. The van der Waals surface area contributed by atoms with E-state index in [-0.39, 0.29) is 11.2 Å². The molecule has 3 rings (SSSR count). The number of rotatable bonds is 6. The van der Waals surface area contributed by atoms with Crippen LogP contribution in [0.1, 0.15) is 43.8 Å². The molecule has 0 aliphatic carbocycles. The number of amides is 1. The van der Waals surface area contributed by atoms with Crippen molar-refractivity contribution in [3.05, 3.63) is 53.5 Å². The summed E-state index contributed by atoms with van der Waals surface area (Å²) >= 11 is 1.71. The lowest BCUT2D eigenvalue weighted by Crippen LogP contribution is -2.51. The minimum Gasteiger partial charge on any atom is -0.353 e. The highest BCUT2D eigenvalue weighted by Gasteiger charge is 2.26. The van der Waals surface area contributed by atoms with Gasteiger partial charge in [-0.1, -0.05) is 44.2 Å². The monoisotopic (exact) mass is 398 g/mol. The molecular formula is C22H30N4OS. The molecule has 0 N–H and O–H groups in total. The van der Waals surface area contributed by atoms with E-state index in [4.69, 9.17) is 4.98 Å². The summed E-state index contributed by atoms with van der Waals surface area (Å²) < 4.78 is 0. The van der Waals surface area contributed by atoms with Crippen molar-refractivity contribution >= 4 is 23.5 Å². The molecule has 150 valence electrons. The number of carbonyl (C=O) groups is 1. The van der Waals surface area contributed by atoms with Crippen molar-refractivity contribution in [3.8, 4) is 0 Å². The molecule has 2 heterocycles. The van der Waals surface area contributed by atoms with Gasteiger partial charge >= 0.3 is 0 Å². The molecule has 1 aliphatic heterocycles. The summed E-state index contributed by atoms with van der Waals surface area (Å²) in [6.45, 7) is 11.4. The van der Waals surface area contributed by atoms with Crippen LogP contribution in [0.5, 0.6) is 0 Å². The van der Waals surface area contributed by atoms with E-state index in [2.05, 4.69) is 35.9 Å². The van der Waals surface area contributed by atoms with Crippen LogP contribution >= 0.6 is 11.8 Å². The van der Waals surface area contributed by atoms with Crippen LogP contribution < -0.4 is 4.90 Å². The molecule has 1 saturated heterocycles. The molecule has 0 saturated carbocycles. The zero-order valence-corrected chi connectivity index (χ0v) is 18.1. The van der Waals surface area contributed by atoms with Crippen molar-refractivity contribution in [1.82, 2.24) is 14.9 Å². The van der Waals surface area contributed by atoms with Gasteiger partial charge in [0.1, 0.15) is 11.6 Å². The predicted octanol–water partition coefficient (Wildman–Crippen LogP) is 3.88. The predicted molar refractivity (Wildman–Crippen MR) is 117 cm³/mol. The van der Waals surface area contributed by atoms with Crippen LogP contribution in [-0.2, 0) is 10.5 Å². The third-order valence-corrected chi connectivity index (χ3v) is 6.18. The molecular weight excluding hydrogens is 368 g/mol. The topological polar surface area (TPSA) is 49.3 Å². The highest BCUT2D eigenvalue weighted by Crippen LogP contribution is 2.22. The Hall–Kier alpha value is -2.08. The van der Waals surface area contributed by atoms with Crippen LogP contribution in [0.2, 0.25) is 0 Å². The van der Waals surface area contributed by atoms with Gasteiger partial charge in [-0.05, 0) is 19.4 Å². The highest BCUT2D eigenvalue weighted by atomic mass is 32.2. The van der Waals surface area contributed by atoms with Crippen molar-refractivity contribution in [2.45, 2.75) is 44.6 Å². The maximum atomic E-state index is 12.8. The number of nitrogens with zero attached hydrogens (tertiary/aromatic N) is 4. The van der Waals surface area contributed by atoms with E-state index in [1.165, 1.54) is 5.56 Å². The fourth-order valence-electron chi connectivity index (χ4n) is 3.27. The van der Waals surface area contributed by atoms with Gasteiger partial charge in [0.25, 0.3) is 0 Å². The fraction of sp³-hybridized carbons (Fsp3) is 0.500. The van der Waals surface area contributed by atoms with E-state index >= 15 is 0 Å². The second-order valence-electron chi connectivity index (χ2n) is 7.63. The van der Waals surface area contributed by atoms with Crippen LogP contribution in [0, 0.1) is 6.92 Å². The molecule has 0 radical (unpaired) electrons. The molecule has 0 unspecified atom stereocenters. The number of anilines is 1. The summed E-state index contributed by atoms with van der Waals surface area (Å²) in [4.78, 5) is 26.4. The Bertz CT molecular complexity index is 788. The number of hydrogen-bond acceptors (Lipinski definition) is 5. The van der Waals surface area contributed by atoms with Gasteiger partial charge in [0.05, 0.1) is 5.25 Å². The molecule has 1 aromatic heterocycles. The molecule has 2 aromatic rings. The number of benzene rings is 1. The molecule has 1 amide bonds. The van der Waals surface area contributed by atoms with Gasteiger partial charge in [0.15, 0.2) is 0 Å². The van der Waals surface area contributed by atoms with Crippen LogP contribution in [0.15, 0.2) is 36.4 Å². The van der Waals surface area contributed by atoms with Crippen molar-refractivity contribution < 1.29 is 4.79 Å². The summed E-state index contributed by atoms with van der Waals surface area (Å²) in [5, 5.41) is -0.0272. The van der Waals surface area contributed by atoms with Crippen molar-refractivity contribution in [2.75, 3.05) is 31.1 Å².